The maximum atomic E-state index is 11.1. The average Bonchev–Trinajstić information content (AvgIpc) is 2.48. The van der Waals surface area contributed by atoms with Gasteiger partial charge in [-0.3, -0.25) is 4.79 Å². The van der Waals surface area contributed by atoms with Crippen molar-refractivity contribution in [3.63, 3.8) is 0 Å². The molecule has 1 aliphatic rings. The molecule has 0 fully saturated rings. The van der Waals surface area contributed by atoms with Crippen LogP contribution in [0.15, 0.2) is 36.4 Å². The van der Waals surface area contributed by atoms with Gasteiger partial charge in [-0.15, -0.1) is 0 Å². The van der Waals surface area contributed by atoms with Crippen LogP contribution in [0.2, 0.25) is 5.02 Å². The number of fused-ring (bicyclic) bond motifs is 2. The molecule has 0 aromatic heterocycles. The van der Waals surface area contributed by atoms with E-state index in [-0.39, 0.29) is 11.8 Å². The Morgan fingerprint density at radius 2 is 1.74 bits per heavy atom. The number of carbonyl (C=O) groups is 1. The minimum atomic E-state index is -0.793. The zero-order valence-electron chi connectivity index (χ0n) is 13.6. The topological polar surface area (TPSA) is 40.5 Å². The summed E-state index contributed by atoms with van der Waals surface area (Å²) in [6.07, 6.45) is 0.0931. The molecule has 0 spiro atoms. The van der Waals surface area contributed by atoms with Crippen LogP contribution in [-0.2, 0) is 10.2 Å². The van der Waals surface area contributed by atoms with Crippen molar-refractivity contribution in [1.82, 2.24) is 0 Å². The quantitative estimate of drug-likeness (QED) is 0.870. The van der Waals surface area contributed by atoms with Gasteiger partial charge in [0.25, 0.3) is 0 Å². The predicted molar refractivity (Wildman–Crippen MR) is 94.0 cm³/mol. The summed E-state index contributed by atoms with van der Waals surface area (Å²) in [6.45, 7) is 6.89. The first kappa shape index (κ1) is 15.9. The number of carboxylic acids is 1. The van der Waals surface area contributed by atoms with E-state index in [1.807, 2.05) is 18.2 Å². The summed E-state index contributed by atoms with van der Waals surface area (Å²) in [5.74, 6) is -0.793. The number of anilines is 2. The Labute approximate surface area is 141 Å². The van der Waals surface area contributed by atoms with E-state index in [2.05, 4.69) is 43.9 Å². The second kappa shape index (κ2) is 5.57. The maximum Gasteiger partial charge on any atom is 0.305 e. The van der Waals surface area contributed by atoms with Crippen LogP contribution in [0.25, 0.3) is 0 Å². The standard InChI is InChI=1S/C19H20ClNO2/c1-12-4-6-16-14(10-12)19(2,3)15-11-13(20)5-7-17(15)21(16)9-8-18(22)23/h4-7,10-11H,8-9H2,1-3H3,(H,22,23). The van der Waals surface area contributed by atoms with E-state index < -0.39 is 5.97 Å². The van der Waals surface area contributed by atoms with E-state index in [1.165, 1.54) is 11.1 Å². The SMILES string of the molecule is Cc1ccc2c(c1)C(C)(C)c1cc(Cl)ccc1N2CCC(=O)O. The first-order valence-corrected chi connectivity index (χ1v) is 8.09. The lowest BCUT2D eigenvalue weighted by Crippen LogP contribution is -2.34. The average molecular weight is 330 g/mol. The molecule has 3 rings (SSSR count). The Morgan fingerprint density at radius 1 is 1.13 bits per heavy atom. The molecule has 23 heavy (non-hydrogen) atoms. The van der Waals surface area contributed by atoms with Gasteiger partial charge in [-0.05, 0) is 42.3 Å². The molecule has 0 unspecified atom stereocenters. The summed E-state index contributed by atoms with van der Waals surface area (Å²) in [5.41, 5.74) is 5.47. The molecule has 0 amide bonds. The highest BCUT2D eigenvalue weighted by Gasteiger charge is 2.36. The van der Waals surface area contributed by atoms with Crippen molar-refractivity contribution >= 4 is 28.9 Å². The zero-order chi connectivity index (χ0) is 16.8. The summed E-state index contributed by atoms with van der Waals surface area (Å²) < 4.78 is 0. The van der Waals surface area contributed by atoms with E-state index in [0.717, 1.165) is 16.9 Å². The molecule has 1 heterocycles. The van der Waals surface area contributed by atoms with Gasteiger partial charge in [-0.2, -0.15) is 0 Å². The third kappa shape index (κ3) is 2.70. The van der Waals surface area contributed by atoms with E-state index in [4.69, 9.17) is 16.7 Å². The van der Waals surface area contributed by atoms with Gasteiger partial charge in [-0.1, -0.05) is 43.1 Å². The lowest BCUT2D eigenvalue weighted by molar-refractivity contribution is -0.136. The van der Waals surface area contributed by atoms with Crippen molar-refractivity contribution in [1.29, 1.82) is 0 Å². The Morgan fingerprint density at radius 3 is 2.39 bits per heavy atom. The molecule has 0 atom stereocenters. The number of nitrogens with zero attached hydrogens (tertiary/aromatic N) is 1. The summed E-state index contributed by atoms with van der Waals surface area (Å²) in [4.78, 5) is 13.2. The van der Waals surface area contributed by atoms with Gasteiger partial charge in [0.1, 0.15) is 0 Å². The van der Waals surface area contributed by atoms with Crippen LogP contribution in [0.1, 0.15) is 37.0 Å². The molecule has 3 nitrogen and oxygen atoms in total. The van der Waals surface area contributed by atoms with Gasteiger partial charge < -0.3 is 10.0 Å². The lowest BCUT2D eigenvalue weighted by atomic mass is 9.73. The maximum absolute atomic E-state index is 11.1. The predicted octanol–water partition coefficient (Wildman–Crippen LogP) is 4.90. The summed E-state index contributed by atoms with van der Waals surface area (Å²) >= 11 is 6.22. The molecule has 2 aromatic carbocycles. The molecular formula is C19H20ClNO2. The second-order valence-electron chi connectivity index (χ2n) is 6.60. The van der Waals surface area contributed by atoms with Crippen LogP contribution in [0.5, 0.6) is 0 Å². The van der Waals surface area contributed by atoms with Gasteiger partial charge in [-0.25, -0.2) is 0 Å². The summed E-state index contributed by atoms with van der Waals surface area (Å²) in [7, 11) is 0. The number of rotatable bonds is 3. The molecule has 0 bridgehead atoms. The van der Waals surface area contributed by atoms with Crippen LogP contribution >= 0.6 is 11.6 Å². The molecule has 4 heteroatoms. The van der Waals surface area contributed by atoms with Crippen molar-refractivity contribution in [2.75, 3.05) is 11.4 Å². The van der Waals surface area contributed by atoms with Crippen molar-refractivity contribution in [3.8, 4) is 0 Å². The third-order valence-electron chi connectivity index (χ3n) is 4.59. The van der Waals surface area contributed by atoms with Crippen LogP contribution in [0.4, 0.5) is 11.4 Å². The summed E-state index contributed by atoms with van der Waals surface area (Å²) in [6, 6.07) is 12.2. The Balaban J connectivity index is 2.21. The third-order valence-corrected chi connectivity index (χ3v) is 4.82. The van der Waals surface area contributed by atoms with Gasteiger partial charge >= 0.3 is 5.97 Å². The molecule has 0 aliphatic carbocycles. The van der Waals surface area contributed by atoms with E-state index in [9.17, 15) is 4.79 Å². The Bertz CT molecular complexity index is 727. The summed E-state index contributed by atoms with van der Waals surface area (Å²) in [5, 5.41) is 9.78. The lowest BCUT2D eigenvalue weighted by Gasteiger charge is -2.42. The smallest absolute Gasteiger partial charge is 0.305 e. The minimum absolute atomic E-state index is 0.0931. The van der Waals surface area contributed by atoms with E-state index in [1.54, 1.807) is 0 Å². The van der Waals surface area contributed by atoms with Crippen molar-refractivity contribution < 1.29 is 9.90 Å². The molecule has 0 saturated carbocycles. The fourth-order valence-corrected chi connectivity index (χ4v) is 3.53. The van der Waals surface area contributed by atoms with E-state index in [0.29, 0.717) is 11.6 Å². The molecular weight excluding hydrogens is 310 g/mol. The fraction of sp³-hybridized carbons (Fsp3) is 0.316. The number of halogens is 1. The van der Waals surface area contributed by atoms with Gasteiger partial charge in [0, 0.05) is 28.4 Å². The molecule has 1 N–H and O–H groups in total. The van der Waals surface area contributed by atoms with Gasteiger partial charge in [0.05, 0.1) is 6.42 Å². The largest absolute Gasteiger partial charge is 0.481 e. The molecule has 2 aromatic rings. The fourth-order valence-electron chi connectivity index (χ4n) is 3.35. The number of hydrogen-bond acceptors (Lipinski definition) is 2. The van der Waals surface area contributed by atoms with Crippen LogP contribution in [-0.4, -0.2) is 17.6 Å². The number of carboxylic acid groups (broad SMARTS) is 1. The molecule has 1 aliphatic heterocycles. The number of aryl methyl sites for hydroxylation is 1. The van der Waals surface area contributed by atoms with Crippen LogP contribution in [0.3, 0.4) is 0 Å². The molecule has 0 radical (unpaired) electrons. The van der Waals surface area contributed by atoms with Crippen molar-refractivity contribution in [2.45, 2.75) is 32.6 Å². The normalized spacial score (nSPS) is 15.0. The second-order valence-corrected chi connectivity index (χ2v) is 7.04. The van der Waals surface area contributed by atoms with Crippen molar-refractivity contribution in [3.05, 3.63) is 58.1 Å². The minimum Gasteiger partial charge on any atom is -0.481 e. The van der Waals surface area contributed by atoms with E-state index >= 15 is 0 Å². The zero-order valence-corrected chi connectivity index (χ0v) is 14.3. The highest BCUT2D eigenvalue weighted by molar-refractivity contribution is 6.30. The van der Waals surface area contributed by atoms with Crippen molar-refractivity contribution in [2.24, 2.45) is 0 Å². The molecule has 120 valence electrons. The van der Waals surface area contributed by atoms with Gasteiger partial charge in [0.2, 0.25) is 0 Å². The highest BCUT2D eigenvalue weighted by atomic mass is 35.5. The Hall–Kier alpha value is -2.00. The number of benzene rings is 2. The number of aliphatic carboxylic acids is 1. The highest BCUT2D eigenvalue weighted by Crippen LogP contribution is 2.49. The number of hydrogen-bond donors (Lipinski definition) is 1. The first-order chi connectivity index (χ1) is 10.8. The first-order valence-electron chi connectivity index (χ1n) is 7.71. The van der Waals surface area contributed by atoms with Gasteiger partial charge in [0.15, 0.2) is 0 Å². The monoisotopic (exact) mass is 329 g/mol. The van der Waals surface area contributed by atoms with Crippen LogP contribution < -0.4 is 4.90 Å². The molecule has 0 saturated heterocycles. The Kier molecular flexibility index (Phi) is 3.85. The van der Waals surface area contributed by atoms with Crippen LogP contribution in [0, 0.1) is 6.92 Å².